The van der Waals surface area contributed by atoms with Crippen LogP contribution in [0.15, 0.2) is 0 Å². The lowest BCUT2D eigenvalue weighted by atomic mass is 10.1. The van der Waals surface area contributed by atoms with Gasteiger partial charge in [0.05, 0.1) is 11.7 Å². The fourth-order valence-electron chi connectivity index (χ4n) is 2.26. The van der Waals surface area contributed by atoms with Crippen molar-refractivity contribution in [1.29, 1.82) is 0 Å². The molecule has 1 fully saturated rings. The first-order chi connectivity index (χ1) is 6.38. The van der Waals surface area contributed by atoms with E-state index >= 15 is 0 Å². The van der Waals surface area contributed by atoms with Crippen molar-refractivity contribution in [1.82, 2.24) is 4.90 Å². The van der Waals surface area contributed by atoms with E-state index in [1.54, 1.807) is 0 Å². The molecule has 0 saturated carbocycles. The molecule has 1 rings (SSSR count). The number of hydrogen-bond acceptors (Lipinski definition) is 3. The second-order valence-corrected chi connectivity index (χ2v) is 5.16. The Balaban J connectivity index is 2.43. The van der Waals surface area contributed by atoms with E-state index in [9.17, 15) is 10.2 Å². The Morgan fingerprint density at radius 2 is 2.14 bits per heavy atom. The average Bonchev–Trinajstić information content (AvgIpc) is 2.32. The van der Waals surface area contributed by atoms with E-state index in [0.717, 1.165) is 19.4 Å². The smallest absolute Gasteiger partial charge is 0.0718 e. The van der Waals surface area contributed by atoms with Crippen LogP contribution in [0.1, 0.15) is 40.0 Å². The third-order valence-corrected chi connectivity index (χ3v) is 2.70. The number of hydrogen-bond donors (Lipinski definition) is 2. The molecule has 84 valence electrons. The maximum Gasteiger partial charge on any atom is 0.0718 e. The summed E-state index contributed by atoms with van der Waals surface area (Å²) in [5.41, 5.74) is -0.624. The largest absolute Gasteiger partial charge is 0.393 e. The van der Waals surface area contributed by atoms with Crippen molar-refractivity contribution in [2.45, 2.75) is 57.8 Å². The fourth-order valence-corrected chi connectivity index (χ4v) is 2.26. The van der Waals surface area contributed by atoms with Crippen molar-refractivity contribution >= 4 is 0 Å². The molecule has 0 radical (unpaired) electrons. The molecule has 1 heterocycles. The van der Waals surface area contributed by atoms with Crippen molar-refractivity contribution in [2.75, 3.05) is 13.1 Å². The summed E-state index contributed by atoms with van der Waals surface area (Å²) < 4.78 is 0. The van der Waals surface area contributed by atoms with Gasteiger partial charge in [-0.05, 0) is 46.6 Å². The minimum atomic E-state index is -0.624. The van der Waals surface area contributed by atoms with Gasteiger partial charge in [-0.25, -0.2) is 0 Å². The molecule has 0 spiro atoms. The Bertz CT molecular complexity index is 175. The van der Waals surface area contributed by atoms with Gasteiger partial charge in [-0.1, -0.05) is 0 Å². The molecular weight excluding hydrogens is 178 g/mol. The highest BCUT2D eigenvalue weighted by Crippen LogP contribution is 2.23. The molecule has 0 aromatic heterocycles. The lowest BCUT2D eigenvalue weighted by molar-refractivity contribution is 0.0242. The zero-order valence-corrected chi connectivity index (χ0v) is 9.53. The Kier molecular flexibility index (Phi) is 3.93. The van der Waals surface area contributed by atoms with Crippen LogP contribution in [-0.2, 0) is 0 Å². The zero-order chi connectivity index (χ0) is 10.8. The van der Waals surface area contributed by atoms with Crippen LogP contribution in [0.4, 0.5) is 0 Å². The predicted octanol–water partition coefficient (Wildman–Crippen LogP) is 0.993. The summed E-state index contributed by atoms with van der Waals surface area (Å²) in [7, 11) is 0. The van der Waals surface area contributed by atoms with Crippen LogP contribution in [0.3, 0.4) is 0 Å². The summed E-state index contributed by atoms with van der Waals surface area (Å²) in [6, 6.07) is 0.460. The zero-order valence-electron chi connectivity index (χ0n) is 9.53. The second kappa shape index (κ2) is 4.60. The van der Waals surface area contributed by atoms with Crippen LogP contribution < -0.4 is 0 Å². The molecule has 3 nitrogen and oxygen atoms in total. The molecule has 2 N–H and O–H groups in total. The quantitative estimate of drug-likeness (QED) is 0.713. The van der Waals surface area contributed by atoms with Gasteiger partial charge in [-0.2, -0.15) is 0 Å². The number of rotatable bonds is 4. The summed E-state index contributed by atoms with van der Waals surface area (Å²) in [6.07, 6.45) is 2.94. The van der Waals surface area contributed by atoms with Gasteiger partial charge in [0.2, 0.25) is 0 Å². The van der Waals surface area contributed by atoms with Gasteiger partial charge in [0.25, 0.3) is 0 Å². The first-order valence-electron chi connectivity index (χ1n) is 5.53. The third-order valence-electron chi connectivity index (χ3n) is 2.70. The second-order valence-electron chi connectivity index (χ2n) is 5.16. The highest BCUT2D eigenvalue weighted by atomic mass is 16.3. The van der Waals surface area contributed by atoms with Crippen molar-refractivity contribution in [3.63, 3.8) is 0 Å². The number of β-amino-alcohol motifs (C(OH)–C–C–N with tert-alkyl or cyclic N) is 1. The van der Waals surface area contributed by atoms with E-state index in [1.807, 2.05) is 20.8 Å². The summed E-state index contributed by atoms with van der Waals surface area (Å²) in [4.78, 5) is 2.30. The van der Waals surface area contributed by atoms with Gasteiger partial charge in [0.1, 0.15) is 0 Å². The minimum absolute atomic E-state index is 0.234. The molecule has 0 aliphatic carbocycles. The molecule has 0 aromatic carbocycles. The molecule has 0 bridgehead atoms. The van der Waals surface area contributed by atoms with Crippen LogP contribution in [0, 0.1) is 0 Å². The monoisotopic (exact) mass is 201 g/mol. The molecule has 1 saturated heterocycles. The van der Waals surface area contributed by atoms with Crippen molar-refractivity contribution in [3.05, 3.63) is 0 Å². The van der Waals surface area contributed by atoms with E-state index in [4.69, 9.17) is 0 Å². The Morgan fingerprint density at radius 1 is 1.50 bits per heavy atom. The van der Waals surface area contributed by atoms with E-state index in [-0.39, 0.29) is 6.10 Å². The van der Waals surface area contributed by atoms with Gasteiger partial charge in [-0.15, -0.1) is 0 Å². The number of likely N-dealkylation sites (tertiary alicyclic amines) is 1. The summed E-state index contributed by atoms with van der Waals surface area (Å²) in [5, 5.41) is 19.1. The lowest BCUT2D eigenvalue weighted by Gasteiger charge is -2.30. The van der Waals surface area contributed by atoms with Crippen molar-refractivity contribution in [2.24, 2.45) is 0 Å². The van der Waals surface area contributed by atoms with E-state index in [0.29, 0.717) is 12.6 Å². The van der Waals surface area contributed by atoms with Crippen molar-refractivity contribution in [3.8, 4) is 0 Å². The summed E-state index contributed by atoms with van der Waals surface area (Å²) in [5.74, 6) is 0. The molecular formula is C11H23NO2. The van der Waals surface area contributed by atoms with E-state index in [1.165, 1.54) is 6.42 Å². The number of aliphatic hydroxyl groups excluding tert-OH is 1. The highest BCUT2D eigenvalue weighted by Gasteiger charge is 2.29. The minimum Gasteiger partial charge on any atom is -0.393 e. The van der Waals surface area contributed by atoms with Crippen LogP contribution in [0.25, 0.3) is 0 Å². The topological polar surface area (TPSA) is 43.7 Å². The van der Waals surface area contributed by atoms with Crippen LogP contribution in [0.5, 0.6) is 0 Å². The Morgan fingerprint density at radius 3 is 2.64 bits per heavy atom. The third kappa shape index (κ3) is 3.95. The average molecular weight is 201 g/mol. The van der Waals surface area contributed by atoms with Gasteiger partial charge in [0, 0.05) is 12.6 Å². The fraction of sp³-hybridized carbons (Fsp3) is 1.00. The highest BCUT2D eigenvalue weighted by molar-refractivity contribution is 4.84. The Hall–Kier alpha value is -0.120. The molecule has 0 amide bonds. The molecule has 1 aliphatic heterocycles. The lowest BCUT2D eigenvalue weighted by Crippen LogP contribution is -2.42. The SMILES string of the molecule is CC(O)CC1CCCN1CC(C)(C)O. The normalized spacial score (nSPS) is 26.8. The number of aliphatic hydroxyl groups is 2. The van der Waals surface area contributed by atoms with Crippen molar-refractivity contribution < 1.29 is 10.2 Å². The van der Waals surface area contributed by atoms with E-state index < -0.39 is 5.60 Å². The van der Waals surface area contributed by atoms with Gasteiger partial charge >= 0.3 is 0 Å². The van der Waals surface area contributed by atoms with Crippen LogP contribution in [-0.4, -0.2) is 45.9 Å². The molecule has 2 atom stereocenters. The van der Waals surface area contributed by atoms with E-state index in [2.05, 4.69) is 4.90 Å². The standard InChI is InChI=1S/C11H23NO2/c1-9(13)7-10-5-4-6-12(10)8-11(2,3)14/h9-10,13-14H,4-8H2,1-3H3. The van der Waals surface area contributed by atoms with Gasteiger partial charge in [-0.3, -0.25) is 4.90 Å². The summed E-state index contributed by atoms with van der Waals surface area (Å²) >= 11 is 0. The maximum absolute atomic E-state index is 9.73. The first-order valence-corrected chi connectivity index (χ1v) is 5.53. The molecule has 1 aliphatic rings. The van der Waals surface area contributed by atoms with Crippen LogP contribution in [0.2, 0.25) is 0 Å². The van der Waals surface area contributed by atoms with Gasteiger partial charge < -0.3 is 10.2 Å². The number of nitrogens with zero attached hydrogens (tertiary/aromatic N) is 1. The Labute approximate surface area is 86.7 Å². The molecule has 2 unspecified atom stereocenters. The molecule has 14 heavy (non-hydrogen) atoms. The predicted molar refractivity (Wildman–Crippen MR) is 57.2 cm³/mol. The van der Waals surface area contributed by atoms with Gasteiger partial charge in [0.15, 0.2) is 0 Å². The first kappa shape index (κ1) is 12.0. The summed E-state index contributed by atoms with van der Waals surface area (Å²) in [6.45, 7) is 7.28. The molecule has 3 heteroatoms. The van der Waals surface area contributed by atoms with Crippen LogP contribution >= 0.6 is 0 Å². The molecule has 0 aromatic rings. The maximum atomic E-state index is 9.73.